The second-order valence-corrected chi connectivity index (χ2v) is 5.10. The van der Waals surface area contributed by atoms with Crippen LogP contribution in [0.2, 0.25) is 0 Å². The average Bonchev–Trinajstić information content (AvgIpc) is 2.92. The Morgan fingerprint density at radius 2 is 2.20 bits per heavy atom. The van der Waals surface area contributed by atoms with Gasteiger partial charge in [-0.25, -0.2) is 0 Å². The van der Waals surface area contributed by atoms with Crippen molar-refractivity contribution in [1.29, 1.82) is 0 Å². The van der Waals surface area contributed by atoms with Crippen molar-refractivity contribution in [2.75, 3.05) is 25.5 Å². The molecule has 1 aromatic rings. The van der Waals surface area contributed by atoms with E-state index in [1.54, 1.807) is 18.9 Å². The lowest BCUT2D eigenvalue weighted by atomic mass is 10.1. The van der Waals surface area contributed by atoms with Gasteiger partial charge in [0.2, 0.25) is 5.91 Å². The number of anilines is 1. The van der Waals surface area contributed by atoms with Crippen molar-refractivity contribution >= 4 is 17.5 Å². The Labute approximate surface area is 119 Å². The summed E-state index contributed by atoms with van der Waals surface area (Å²) in [4.78, 5) is 25.7. The van der Waals surface area contributed by atoms with Crippen LogP contribution in [-0.2, 0) is 11.2 Å². The molecule has 0 bridgehead atoms. The molecule has 2 amide bonds. The Morgan fingerprint density at radius 1 is 1.45 bits per heavy atom. The van der Waals surface area contributed by atoms with Gasteiger partial charge in [0.15, 0.2) is 0 Å². The third-order valence-corrected chi connectivity index (χ3v) is 3.65. The van der Waals surface area contributed by atoms with E-state index in [4.69, 9.17) is 0 Å². The number of hydrogen-bond donors (Lipinski definition) is 2. The predicted octanol–water partition coefficient (Wildman–Crippen LogP) is 1.25. The summed E-state index contributed by atoms with van der Waals surface area (Å²) < 4.78 is 0. The molecule has 1 unspecified atom stereocenters. The maximum Gasteiger partial charge on any atom is 0.251 e. The number of hydrogen-bond acceptors (Lipinski definition) is 3. The van der Waals surface area contributed by atoms with E-state index in [1.807, 2.05) is 25.1 Å². The Balaban J connectivity index is 2.03. The molecule has 1 aromatic carbocycles. The highest BCUT2D eigenvalue weighted by molar-refractivity contribution is 5.98. The van der Waals surface area contributed by atoms with Gasteiger partial charge in [-0.2, -0.15) is 0 Å². The van der Waals surface area contributed by atoms with Gasteiger partial charge in [-0.1, -0.05) is 6.07 Å². The van der Waals surface area contributed by atoms with E-state index in [-0.39, 0.29) is 11.8 Å². The zero-order valence-electron chi connectivity index (χ0n) is 12.2. The van der Waals surface area contributed by atoms with Crippen molar-refractivity contribution < 1.29 is 9.59 Å². The van der Waals surface area contributed by atoms with Gasteiger partial charge < -0.3 is 15.5 Å². The first-order chi connectivity index (χ1) is 9.52. The van der Waals surface area contributed by atoms with E-state index in [0.717, 1.165) is 18.7 Å². The van der Waals surface area contributed by atoms with Gasteiger partial charge in [0.25, 0.3) is 5.91 Å². The van der Waals surface area contributed by atoms with Crippen LogP contribution in [0.1, 0.15) is 29.8 Å². The number of nitrogens with zero attached hydrogens (tertiary/aromatic N) is 1. The van der Waals surface area contributed by atoms with Crippen LogP contribution in [0.15, 0.2) is 18.2 Å². The molecule has 0 spiro atoms. The number of carbonyl (C=O) groups excluding carboxylic acids is 2. The Bertz CT molecular complexity index is 528. The Kier molecular flexibility index (Phi) is 4.27. The normalized spacial score (nSPS) is 14.2. The highest BCUT2D eigenvalue weighted by Gasteiger charge is 2.20. The lowest BCUT2D eigenvalue weighted by Crippen LogP contribution is -2.45. The van der Waals surface area contributed by atoms with E-state index >= 15 is 0 Å². The van der Waals surface area contributed by atoms with E-state index in [1.165, 1.54) is 5.56 Å². The standard InChI is InChI=1S/C15H21N3O2/c1-4-18(3)15(20)10(2)17-14(19)12-6-5-11-7-8-16-13(11)9-12/h5-6,9-10,16H,4,7-8H2,1-3H3,(H,17,19). The van der Waals surface area contributed by atoms with Crippen molar-refractivity contribution in [3.05, 3.63) is 29.3 Å². The molecule has 2 rings (SSSR count). The summed E-state index contributed by atoms with van der Waals surface area (Å²) in [5.41, 5.74) is 2.83. The fraction of sp³-hybridized carbons (Fsp3) is 0.467. The fourth-order valence-electron chi connectivity index (χ4n) is 2.26. The summed E-state index contributed by atoms with van der Waals surface area (Å²) in [5.74, 6) is -0.299. The molecular formula is C15H21N3O2. The second-order valence-electron chi connectivity index (χ2n) is 5.10. The molecule has 108 valence electrons. The molecule has 0 radical (unpaired) electrons. The van der Waals surface area contributed by atoms with E-state index in [9.17, 15) is 9.59 Å². The van der Waals surface area contributed by atoms with Crippen LogP contribution in [0.4, 0.5) is 5.69 Å². The third kappa shape index (κ3) is 2.92. The monoisotopic (exact) mass is 275 g/mol. The Morgan fingerprint density at radius 3 is 2.90 bits per heavy atom. The zero-order chi connectivity index (χ0) is 14.7. The van der Waals surface area contributed by atoms with Crippen LogP contribution in [0.5, 0.6) is 0 Å². The first-order valence-electron chi connectivity index (χ1n) is 6.95. The third-order valence-electron chi connectivity index (χ3n) is 3.65. The quantitative estimate of drug-likeness (QED) is 0.869. The smallest absolute Gasteiger partial charge is 0.251 e. The first-order valence-corrected chi connectivity index (χ1v) is 6.95. The van der Waals surface area contributed by atoms with E-state index < -0.39 is 6.04 Å². The van der Waals surface area contributed by atoms with Gasteiger partial charge in [0, 0.05) is 31.4 Å². The van der Waals surface area contributed by atoms with E-state index in [2.05, 4.69) is 10.6 Å². The number of carbonyl (C=O) groups is 2. The minimum absolute atomic E-state index is 0.0832. The highest BCUT2D eigenvalue weighted by Crippen LogP contribution is 2.23. The largest absolute Gasteiger partial charge is 0.384 e. The Hall–Kier alpha value is -2.04. The molecule has 1 aliphatic rings. The van der Waals surface area contributed by atoms with Crippen LogP contribution < -0.4 is 10.6 Å². The summed E-state index contributed by atoms with van der Waals surface area (Å²) in [6.45, 7) is 5.15. The second kappa shape index (κ2) is 5.94. The maximum absolute atomic E-state index is 12.2. The van der Waals surface area contributed by atoms with Gasteiger partial charge in [-0.05, 0) is 38.0 Å². The van der Waals surface area contributed by atoms with Crippen LogP contribution >= 0.6 is 0 Å². The number of fused-ring (bicyclic) bond motifs is 1. The SMILES string of the molecule is CCN(C)C(=O)C(C)NC(=O)c1ccc2c(c1)NCC2. The molecule has 1 atom stereocenters. The summed E-state index contributed by atoms with van der Waals surface area (Å²) >= 11 is 0. The van der Waals surface area contributed by atoms with Gasteiger partial charge in [0.1, 0.15) is 6.04 Å². The van der Waals surface area contributed by atoms with Crippen molar-refractivity contribution in [3.63, 3.8) is 0 Å². The average molecular weight is 275 g/mol. The number of nitrogens with one attached hydrogen (secondary N) is 2. The summed E-state index contributed by atoms with van der Waals surface area (Å²) in [7, 11) is 1.73. The van der Waals surface area contributed by atoms with Gasteiger partial charge in [-0.15, -0.1) is 0 Å². The van der Waals surface area contributed by atoms with Crippen molar-refractivity contribution in [2.45, 2.75) is 26.3 Å². The number of rotatable bonds is 4. The van der Waals surface area contributed by atoms with Crippen molar-refractivity contribution in [3.8, 4) is 0 Å². The minimum Gasteiger partial charge on any atom is -0.384 e. The van der Waals surface area contributed by atoms with Crippen LogP contribution in [0, 0.1) is 0 Å². The topological polar surface area (TPSA) is 61.4 Å². The predicted molar refractivity (Wildman–Crippen MR) is 78.9 cm³/mol. The minimum atomic E-state index is -0.520. The molecule has 1 aliphatic heterocycles. The molecule has 0 fully saturated rings. The molecule has 5 heteroatoms. The molecule has 0 saturated heterocycles. The fourth-order valence-corrected chi connectivity index (χ4v) is 2.26. The maximum atomic E-state index is 12.2. The van der Waals surface area contributed by atoms with Gasteiger partial charge in [-0.3, -0.25) is 9.59 Å². The molecule has 0 aliphatic carbocycles. The van der Waals surface area contributed by atoms with Crippen LogP contribution in [0.25, 0.3) is 0 Å². The lowest BCUT2D eigenvalue weighted by molar-refractivity contribution is -0.131. The molecule has 20 heavy (non-hydrogen) atoms. The summed E-state index contributed by atoms with van der Waals surface area (Å²) in [5, 5.41) is 5.99. The lowest BCUT2D eigenvalue weighted by Gasteiger charge is -2.20. The van der Waals surface area contributed by atoms with Crippen LogP contribution in [0.3, 0.4) is 0 Å². The summed E-state index contributed by atoms with van der Waals surface area (Å²) in [6, 6.07) is 5.10. The van der Waals surface area contributed by atoms with Gasteiger partial charge in [0.05, 0.1) is 0 Å². The molecule has 1 heterocycles. The number of likely N-dealkylation sites (N-methyl/N-ethyl adjacent to an activating group) is 1. The number of benzene rings is 1. The van der Waals surface area contributed by atoms with E-state index in [0.29, 0.717) is 12.1 Å². The zero-order valence-corrected chi connectivity index (χ0v) is 12.2. The molecular weight excluding hydrogens is 254 g/mol. The van der Waals surface area contributed by atoms with Crippen molar-refractivity contribution in [1.82, 2.24) is 10.2 Å². The highest BCUT2D eigenvalue weighted by atomic mass is 16.2. The first kappa shape index (κ1) is 14.4. The molecule has 5 nitrogen and oxygen atoms in total. The van der Waals surface area contributed by atoms with Crippen LogP contribution in [-0.4, -0.2) is 42.9 Å². The number of amides is 2. The summed E-state index contributed by atoms with van der Waals surface area (Å²) in [6.07, 6.45) is 0.993. The molecule has 2 N–H and O–H groups in total. The molecule has 0 aromatic heterocycles. The van der Waals surface area contributed by atoms with Crippen molar-refractivity contribution in [2.24, 2.45) is 0 Å². The van der Waals surface area contributed by atoms with Gasteiger partial charge >= 0.3 is 0 Å². The molecule has 0 saturated carbocycles.